The third kappa shape index (κ3) is 6.54. The summed E-state index contributed by atoms with van der Waals surface area (Å²) in [5, 5.41) is 8.40. The smallest absolute Gasteiger partial charge is 0.356 e. The highest BCUT2D eigenvalue weighted by Gasteiger charge is 2.39. The summed E-state index contributed by atoms with van der Waals surface area (Å²) < 4.78 is 38.6. The molecule has 3 rings (SSSR count). The number of benzene rings is 2. The second-order valence-electron chi connectivity index (χ2n) is 8.49. The molecule has 2 amide bonds. The van der Waals surface area contributed by atoms with Crippen molar-refractivity contribution in [2.75, 3.05) is 6.54 Å². The second kappa shape index (κ2) is 10.5. The fraction of sp³-hybridized carbons (Fsp3) is 0.375. The Morgan fingerprint density at radius 1 is 1.12 bits per heavy atom. The Hall–Kier alpha value is -2.98. The molecule has 0 spiro atoms. The van der Waals surface area contributed by atoms with Crippen LogP contribution in [0.2, 0.25) is 0 Å². The predicted octanol–water partition coefficient (Wildman–Crippen LogP) is 3.42. The number of carbonyl (C=O) groups is 2. The van der Waals surface area contributed by atoms with Gasteiger partial charge in [-0.15, -0.1) is 0 Å². The molecule has 0 bridgehead atoms. The van der Waals surface area contributed by atoms with Crippen molar-refractivity contribution in [3.05, 3.63) is 70.8 Å². The number of halogens is 3. The van der Waals surface area contributed by atoms with E-state index in [0.29, 0.717) is 17.8 Å². The molecule has 0 aliphatic heterocycles. The Bertz CT molecular complexity index is 1060. The molecular weight excluding hydrogens is 465 g/mol. The first-order chi connectivity index (χ1) is 16.0. The topological polar surface area (TPSA) is 96.2 Å². The summed E-state index contributed by atoms with van der Waals surface area (Å²) in [7, 11) is 0. The van der Waals surface area contributed by atoms with Crippen LogP contribution in [0.4, 0.5) is 13.2 Å². The highest BCUT2D eigenvalue weighted by molar-refractivity contribution is 7.80. The van der Waals surface area contributed by atoms with E-state index in [1.54, 1.807) is 0 Å². The molecule has 2 atom stereocenters. The number of nitrogens with two attached hydrogens (primary N) is 1. The van der Waals surface area contributed by atoms with E-state index in [0.717, 1.165) is 42.2 Å². The van der Waals surface area contributed by atoms with Crippen molar-refractivity contribution in [1.82, 2.24) is 16.0 Å². The van der Waals surface area contributed by atoms with Gasteiger partial charge in [0, 0.05) is 11.1 Å². The van der Waals surface area contributed by atoms with Crippen LogP contribution in [0.3, 0.4) is 0 Å². The standard InChI is InChI=1S/C24H27F3N4O2S/c1-15-8-10-16(11-9-15)22(34)31-23(28)12-3-2-7-19(23)30-20(32)14-29-21(33)17-5-4-6-18(13-17)24(25,26)27/h4-6,8-11,13,19H,2-3,7,12,14,28H2,1H3,(H,29,33)(H,30,32)(H,31,34). The van der Waals surface area contributed by atoms with Gasteiger partial charge >= 0.3 is 6.18 Å². The van der Waals surface area contributed by atoms with Crippen LogP contribution in [0, 0.1) is 6.92 Å². The Labute approximate surface area is 201 Å². The number of aryl methyl sites for hydroxylation is 1. The van der Waals surface area contributed by atoms with Gasteiger partial charge in [0.25, 0.3) is 5.91 Å². The highest BCUT2D eigenvalue weighted by atomic mass is 32.1. The number of thiocarbonyl (C=S) groups is 1. The third-order valence-corrected chi connectivity index (χ3v) is 6.15. The number of amides is 2. The first kappa shape index (κ1) is 25.6. The second-order valence-corrected chi connectivity index (χ2v) is 8.90. The summed E-state index contributed by atoms with van der Waals surface area (Å²) in [4.78, 5) is 25.3. The van der Waals surface area contributed by atoms with Crippen molar-refractivity contribution in [2.24, 2.45) is 5.73 Å². The molecule has 0 aromatic heterocycles. The lowest BCUT2D eigenvalue weighted by molar-refractivity contribution is -0.137. The van der Waals surface area contributed by atoms with Gasteiger partial charge in [-0.05, 0) is 44.4 Å². The molecule has 1 aliphatic carbocycles. The van der Waals surface area contributed by atoms with Gasteiger partial charge in [-0.3, -0.25) is 9.59 Å². The highest BCUT2D eigenvalue weighted by Crippen LogP contribution is 2.29. The number of nitrogens with one attached hydrogen (secondary N) is 3. The molecule has 2 aromatic carbocycles. The molecular formula is C24H27F3N4O2S. The quantitative estimate of drug-likeness (QED) is 0.366. The molecule has 5 N–H and O–H groups in total. The van der Waals surface area contributed by atoms with Crippen molar-refractivity contribution in [1.29, 1.82) is 0 Å². The minimum atomic E-state index is -4.56. The van der Waals surface area contributed by atoms with E-state index in [1.165, 1.54) is 6.07 Å². The summed E-state index contributed by atoms with van der Waals surface area (Å²) in [5.41, 5.74) is 6.44. The Balaban J connectivity index is 1.59. The van der Waals surface area contributed by atoms with Gasteiger partial charge in [0.15, 0.2) is 0 Å². The molecule has 0 heterocycles. The molecule has 2 aromatic rings. The van der Waals surface area contributed by atoms with Crippen molar-refractivity contribution in [3.63, 3.8) is 0 Å². The zero-order valence-electron chi connectivity index (χ0n) is 18.7. The van der Waals surface area contributed by atoms with Gasteiger partial charge in [0.05, 0.1) is 18.2 Å². The summed E-state index contributed by atoms with van der Waals surface area (Å²) in [5.74, 6) is -1.27. The van der Waals surface area contributed by atoms with Gasteiger partial charge in [0.1, 0.15) is 10.7 Å². The lowest BCUT2D eigenvalue weighted by Crippen LogP contribution is -2.69. The van der Waals surface area contributed by atoms with Gasteiger partial charge in [0.2, 0.25) is 5.91 Å². The molecule has 1 saturated carbocycles. The fourth-order valence-corrected chi connectivity index (χ4v) is 4.21. The van der Waals surface area contributed by atoms with Crippen molar-refractivity contribution < 1.29 is 22.8 Å². The van der Waals surface area contributed by atoms with Crippen molar-refractivity contribution in [3.8, 4) is 0 Å². The van der Waals surface area contributed by atoms with Crippen LogP contribution in [-0.4, -0.2) is 35.1 Å². The van der Waals surface area contributed by atoms with Crippen LogP contribution in [0.15, 0.2) is 48.5 Å². The largest absolute Gasteiger partial charge is 0.416 e. The summed E-state index contributed by atoms with van der Waals surface area (Å²) in [6.07, 6.45) is -1.64. The molecule has 10 heteroatoms. The lowest BCUT2D eigenvalue weighted by atomic mass is 9.84. The minimum absolute atomic E-state index is 0.182. The predicted molar refractivity (Wildman–Crippen MR) is 127 cm³/mol. The zero-order chi connectivity index (χ0) is 24.9. The van der Waals surface area contributed by atoms with E-state index in [2.05, 4.69) is 16.0 Å². The van der Waals surface area contributed by atoms with Crippen molar-refractivity contribution in [2.45, 2.75) is 50.5 Å². The van der Waals surface area contributed by atoms with E-state index >= 15 is 0 Å². The first-order valence-corrected chi connectivity index (χ1v) is 11.3. The van der Waals surface area contributed by atoms with E-state index in [-0.39, 0.29) is 5.56 Å². The van der Waals surface area contributed by atoms with Gasteiger partial charge in [-0.2, -0.15) is 13.2 Å². The average molecular weight is 493 g/mol. The molecule has 1 fully saturated rings. The van der Waals surface area contributed by atoms with Crippen molar-refractivity contribution >= 4 is 29.0 Å². The minimum Gasteiger partial charge on any atom is -0.356 e. The van der Waals surface area contributed by atoms with E-state index in [4.69, 9.17) is 18.0 Å². The van der Waals surface area contributed by atoms with Crippen LogP contribution < -0.4 is 21.7 Å². The molecule has 6 nitrogen and oxygen atoms in total. The summed E-state index contributed by atoms with van der Waals surface area (Å²) in [6.45, 7) is 1.58. The van der Waals surface area contributed by atoms with E-state index in [9.17, 15) is 22.8 Å². The van der Waals surface area contributed by atoms with Crippen LogP contribution in [0.25, 0.3) is 0 Å². The summed E-state index contributed by atoms with van der Waals surface area (Å²) >= 11 is 5.52. The Morgan fingerprint density at radius 3 is 2.50 bits per heavy atom. The number of hydrogen-bond donors (Lipinski definition) is 4. The summed E-state index contributed by atoms with van der Waals surface area (Å²) in [6, 6.07) is 11.3. The molecule has 2 unspecified atom stereocenters. The average Bonchev–Trinajstić information content (AvgIpc) is 2.79. The monoisotopic (exact) mass is 492 g/mol. The van der Waals surface area contributed by atoms with Crippen LogP contribution >= 0.6 is 12.2 Å². The number of carbonyl (C=O) groups excluding carboxylic acids is 2. The SMILES string of the molecule is Cc1ccc(C(=S)NC2(N)CCCCC2NC(=O)CNC(=O)c2cccc(C(F)(F)F)c2)cc1. The Morgan fingerprint density at radius 2 is 1.82 bits per heavy atom. The molecule has 1 aliphatic rings. The normalized spacial score (nSPS) is 20.3. The zero-order valence-corrected chi connectivity index (χ0v) is 19.5. The van der Waals surface area contributed by atoms with Gasteiger partial charge < -0.3 is 21.7 Å². The maximum Gasteiger partial charge on any atom is 0.416 e. The fourth-order valence-electron chi connectivity index (χ4n) is 3.88. The molecule has 0 saturated heterocycles. The first-order valence-electron chi connectivity index (χ1n) is 10.9. The number of hydrogen-bond acceptors (Lipinski definition) is 4. The molecule has 34 heavy (non-hydrogen) atoms. The van der Waals surface area contributed by atoms with E-state index in [1.807, 2.05) is 31.2 Å². The van der Waals surface area contributed by atoms with E-state index < -0.39 is 41.8 Å². The maximum absolute atomic E-state index is 12.9. The van der Waals surface area contributed by atoms with Crippen LogP contribution in [-0.2, 0) is 11.0 Å². The van der Waals surface area contributed by atoms with Crippen LogP contribution in [0.1, 0.15) is 52.7 Å². The third-order valence-electron chi connectivity index (χ3n) is 5.81. The molecule has 0 radical (unpaired) electrons. The molecule has 182 valence electrons. The van der Waals surface area contributed by atoms with Gasteiger partial charge in [-0.25, -0.2) is 0 Å². The number of alkyl halides is 3. The lowest BCUT2D eigenvalue weighted by Gasteiger charge is -2.42. The Kier molecular flexibility index (Phi) is 7.93. The van der Waals surface area contributed by atoms with Crippen LogP contribution in [0.5, 0.6) is 0 Å². The number of rotatable bonds is 6. The maximum atomic E-state index is 12.9. The van der Waals surface area contributed by atoms with Gasteiger partial charge in [-0.1, -0.05) is 54.5 Å².